The van der Waals surface area contributed by atoms with Gasteiger partial charge in [-0.2, -0.15) is 0 Å². The van der Waals surface area contributed by atoms with E-state index in [0.717, 1.165) is 12.8 Å². The molecule has 2 atom stereocenters. The van der Waals surface area contributed by atoms with Crippen molar-refractivity contribution in [3.05, 3.63) is 23.3 Å². The molecule has 6 heteroatoms. The summed E-state index contributed by atoms with van der Waals surface area (Å²) in [4.78, 5) is 26.4. The molecular weight excluding hydrogens is 274 g/mol. The van der Waals surface area contributed by atoms with Gasteiger partial charge in [-0.05, 0) is 18.6 Å². The number of aliphatic hydroxyl groups excluding tert-OH is 1. The van der Waals surface area contributed by atoms with Gasteiger partial charge >= 0.3 is 0 Å². The summed E-state index contributed by atoms with van der Waals surface area (Å²) >= 11 is 0. The minimum atomic E-state index is -0.544. The number of ketones is 1. The summed E-state index contributed by atoms with van der Waals surface area (Å²) in [5, 5.41) is 9.20. The second-order valence-corrected chi connectivity index (χ2v) is 5.61. The lowest BCUT2D eigenvalue weighted by Crippen LogP contribution is -2.43. The number of rotatable bonds is 1. The standard InChI is InChI=1S/C15H15NO5/c17-6-8-7-20-11-5-10-12(4-9(11)14(8)18)21-13-2-1-3-16(13)15(10)19/h4-5,8,13,17H,1-3,6-7H2. The molecule has 0 radical (unpaired) electrons. The van der Waals surface area contributed by atoms with E-state index < -0.39 is 5.92 Å². The lowest BCUT2D eigenvalue weighted by Gasteiger charge is -2.33. The molecule has 3 heterocycles. The number of nitrogens with zero attached hydrogens (tertiary/aromatic N) is 1. The SMILES string of the molecule is O=C1c2cc3c(cc2OCC1CO)C(=O)N1CCCC1O3. The summed E-state index contributed by atoms with van der Waals surface area (Å²) in [7, 11) is 0. The fraction of sp³-hybridized carbons (Fsp3) is 0.467. The maximum atomic E-state index is 12.5. The van der Waals surface area contributed by atoms with E-state index in [4.69, 9.17) is 9.47 Å². The molecule has 0 aromatic heterocycles. The van der Waals surface area contributed by atoms with Crippen LogP contribution in [0.5, 0.6) is 11.5 Å². The highest BCUT2D eigenvalue weighted by Gasteiger charge is 2.39. The van der Waals surface area contributed by atoms with Crippen molar-refractivity contribution < 1.29 is 24.2 Å². The molecule has 1 aromatic carbocycles. The predicted octanol–water partition coefficient (Wildman–Crippen LogP) is 0.825. The van der Waals surface area contributed by atoms with Crippen LogP contribution in [0.2, 0.25) is 0 Å². The topological polar surface area (TPSA) is 76.1 Å². The third-order valence-electron chi connectivity index (χ3n) is 4.33. The lowest BCUT2D eigenvalue weighted by molar-refractivity contribution is 0.0289. The molecule has 1 fully saturated rings. The summed E-state index contributed by atoms with van der Waals surface area (Å²) in [6.45, 7) is 0.598. The molecule has 3 aliphatic heterocycles. The fourth-order valence-corrected chi connectivity index (χ4v) is 3.15. The average Bonchev–Trinajstić information content (AvgIpc) is 2.96. The van der Waals surface area contributed by atoms with Gasteiger partial charge in [0.25, 0.3) is 5.91 Å². The molecule has 3 aliphatic rings. The Kier molecular flexibility index (Phi) is 2.68. The van der Waals surface area contributed by atoms with E-state index in [-0.39, 0.29) is 31.1 Å². The van der Waals surface area contributed by atoms with Gasteiger partial charge in [0.05, 0.1) is 23.7 Å². The number of aliphatic hydroxyl groups is 1. The highest BCUT2D eigenvalue weighted by atomic mass is 16.5. The first kappa shape index (κ1) is 12.6. The zero-order valence-electron chi connectivity index (χ0n) is 11.4. The highest BCUT2D eigenvalue weighted by Crippen LogP contribution is 2.39. The molecule has 0 bridgehead atoms. The highest BCUT2D eigenvalue weighted by molar-refractivity contribution is 6.05. The Balaban J connectivity index is 1.79. The Morgan fingerprint density at radius 2 is 2.05 bits per heavy atom. The minimum absolute atomic E-state index is 0.0677. The zero-order valence-corrected chi connectivity index (χ0v) is 11.4. The van der Waals surface area contributed by atoms with Gasteiger partial charge in [-0.3, -0.25) is 9.59 Å². The van der Waals surface area contributed by atoms with Gasteiger partial charge in [-0.25, -0.2) is 0 Å². The molecule has 21 heavy (non-hydrogen) atoms. The fourth-order valence-electron chi connectivity index (χ4n) is 3.15. The molecule has 4 rings (SSSR count). The van der Waals surface area contributed by atoms with Crippen molar-refractivity contribution in [2.45, 2.75) is 19.1 Å². The third-order valence-corrected chi connectivity index (χ3v) is 4.33. The van der Waals surface area contributed by atoms with Gasteiger partial charge in [0.2, 0.25) is 0 Å². The molecule has 1 saturated heterocycles. The van der Waals surface area contributed by atoms with Crippen LogP contribution in [0.1, 0.15) is 33.6 Å². The molecule has 2 unspecified atom stereocenters. The predicted molar refractivity (Wildman–Crippen MR) is 71.5 cm³/mol. The number of ether oxygens (including phenoxy) is 2. The number of hydrogen-bond acceptors (Lipinski definition) is 5. The van der Waals surface area contributed by atoms with Crippen LogP contribution in [-0.2, 0) is 0 Å². The van der Waals surface area contributed by atoms with E-state index in [1.165, 1.54) is 0 Å². The maximum Gasteiger partial charge on any atom is 0.260 e. The van der Waals surface area contributed by atoms with Crippen molar-refractivity contribution in [1.29, 1.82) is 0 Å². The molecule has 1 aromatic rings. The third kappa shape index (κ3) is 1.75. The lowest BCUT2D eigenvalue weighted by atomic mass is 9.93. The molecule has 6 nitrogen and oxygen atoms in total. The summed E-state index contributed by atoms with van der Waals surface area (Å²) in [6, 6.07) is 3.18. The van der Waals surface area contributed by atoms with Crippen LogP contribution < -0.4 is 9.47 Å². The molecule has 0 aliphatic carbocycles. The monoisotopic (exact) mass is 289 g/mol. The van der Waals surface area contributed by atoms with Gasteiger partial charge in [-0.1, -0.05) is 0 Å². The van der Waals surface area contributed by atoms with Crippen molar-refractivity contribution >= 4 is 11.7 Å². The Bertz CT molecular complexity index is 641. The average molecular weight is 289 g/mol. The number of carbonyl (C=O) groups excluding carboxylic acids is 2. The summed E-state index contributed by atoms with van der Waals surface area (Å²) < 4.78 is 11.4. The van der Waals surface area contributed by atoms with Crippen molar-refractivity contribution in [2.75, 3.05) is 19.8 Å². The number of carbonyl (C=O) groups is 2. The van der Waals surface area contributed by atoms with E-state index in [9.17, 15) is 14.7 Å². The van der Waals surface area contributed by atoms with Crippen LogP contribution in [0.25, 0.3) is 0 Å². The number of fused-ring (bicyclic) bond motifs is 3. The van der Waals surface area contributed by atoms with Crippen LogP contribution in [0.15, 0.2) is 12.1 Å². The van der Waals surface area contributed by atoms with Gasteiger partial charge in [0, 0.05) is 13.0 Å². The van der Waals surface area contributed by atoms with Crippen LogP contribution in [0.4, 0.5) is 0 Å². The second kappa shape index (κ2) is 4.46. The molecule has 1 N–H and O–H groups in total. The number of benzene rings is 1. The largest absolute Gasteiger partial charge is 0.492 e. The van der Waals surface area contributed by atoms with Crippen LogP contribution >= 0.6 is 0 Å². The molecule has 0 spiro atoms. The normalized spacial score (nSPS) is 26.6. The van der Waals surface area contributed by atoms with Crippen molar-refractivity contribution in [2.24, 2.45) is 5.92 Å². The first-order valence-electron chi connectivity index (χ1n) is 7.12. The molecule has 1 amide bonds. The minimum Gasteiger partial charge on any atom is -0.492 e. The summed E-state index contributed by atoms with van der Waals surface area (Å²) in [5.74, 6) is 0.0710. The van der Waals surface area contributed by atoms with Crippen molar-refractivity contribution in [1.82, 2.24) is 4.90 Å². The number of amides is 1. The van der Waals surface area contributed by atoms with Crippen molar-refractivity contribution in [3.63, 3.8) is 0 Å². The van der Waals surface area contributed by atoms with E-state index in [0.29, 0.717) is 29.2 Å². The van der Waals surface area contributed by atoms with Crippen LogP contribution in [0, 0.1) is 5.92 Å². The molecule has 110 valence electrons. The summed E-state index contributed by atoms with van der Waals surface area (Å²) in [5.41, 5.74) is 0.834. The smallest absolute Gasteiger partial charge is 0.260 e. The Labute approximate surface area is 121 Å². The van der Waals surface area contributed by atoms with Gasteiger partial charge in [-0.15, -0.1) is 0 Å². The second-order valence-electron chi connectivity index (χ2n) is 5.61. The van der Waals surface area contributed by atoms with E-state index in [1.807, 2.05) is 0 Å². The van der Waals surface area contributed by atoms with E-state index in [1.54, 1.807) is 17.0 Å². The van der Waals surface area contributed by atoms with Gasteiger partial charge < -0.3 is 19.5 Å². The Hall–Kier alpha value is -2.08. The maximum absolute atomic E-state index is 12.5. The first-order chi connectivity index (χ1) is 10.2. The Morgan fingerprint density at radius 3 is 2.86 bits per heavy atom. The quantitative estimate of drug-likeness (QED) is 0.828. The van der Waals surface area contributed by atoms with E-state index >= 15 is 0 Å². The zero-order chi connectivity index (χ0) is 14.6. The Morgan fingerprint density at radius 1 is 1.24 bits per heavy atom. The first-order valence-corrected chi connectivity index (χ1v) is 7.12. The van der Waals surface area contributed by atoms with Gasteiger partial charge in [0.15, 0.2) is 12.0 Å². The molecular formula is C15H15NO5. The molecule has 0 saturated carbocycles. The number of Topliss-reactive ketones (excluding diaryl/α,β-unsaturated/α-hetero) is 1. The summed E-state index contributed by atoms with van der Waals surface area (Å²) in [6.07, 6.45) is 1.51. The van der Waals surface area contributed by atoms with Crippen LogP contribution in [0.3, 0.4) is 0 Å². The van der Waals surface area contributed by atoms with E-state index in [2.05, 4.69) is 0 Å². The van der Waals surface area contributed by atoms with Crippen molar-refractivity contribution in [3.8, 4) is 11.5 Å². The van der Waals surface area contributed by atoms with Gasteiger partial charge in [0.1, 0.15) is 18.1 Å². The number of hydrogen-bond donors (Lipinski definition) is 1. The van der Waals surface area contributed by atoms with Crippen LogP contribution in [-0.4, -0.2) is 47.7 Å².